The molecule has 34 heavy (non-hydrogen) atoms. The fourth-order valence-electron chi connectivity index (χ4n) is 3.75. The van der Waals surface area contributed by atoms with Gasteiger partial charge in [-0.3, -0.25) is 0 Å². The Kier molecular flexibility index (Phi) is 7.41. The first-order chi connectivity index (χ1) is 16.6. The van der Waals surface area contributed by atoms with Crippen LogP contribution in [0.3, 0.4) is 0 Å². The summed E-state index contributed by atoms with van der Waals surface area (Å²) in [5.41, 5.74) is 2.03. The van der Waals surface area contributed by atoms with E-state index >= 15 is 0 Å². The average molecular weight is 468 g/mol. The van der Waals surface area contributed by atoms with E-state index in [0.29, 0.717) is 16.9 Å². The van der Waals surface area contributed by atoms with Crippen molar-refractivity contribution in [3.05, 3.63) is 120 Å². The van der Waals surface area contributed by atoms with Crippen LogP contribution in [0.25, 0.3) is 11.4 Å². The molecular formula is C29H25O4P. The van der Waals surface area contributed by atoms with Crippen LogP contribution >= 0.6 is 7.92 Å². The number of esters is 1. The van der Waals surface area contributed by atoms with Gasteiger partial charge in [-0.1, -0.05) is 78.9 Å². The largest absolute Gasteiger partial charge is 0.507 e. The summed E-state index contributed by atoms with van der Waals surface area (Å²) in [6.07, 6.45) is 1.99. The molecule has 0 saturated carbocycles. The zero-order chi connectivity index (χ0) is 23.9. The molecule has 170 valence electrons. The molecule has 1 N–H and O–H groups in total. The topological polar surface area (TPSA) is 55.8 Å². The van der Waals surface area contributed by atoms with Crippen LogP contribution in [-0.2, 0) is 4.74 Å². The first-order valence-electron chi connectivity index (χ1n) is 10.8. The maximum Gasteiger partial charge on any atom is 0.337 e. The van der Waals surface area contributed by atoms with E-state index in [-0.39, 0.29) is 11.7 Å². The van der Waals surface area contributed by atoms with Gasteiger partial charge in [0.25, 0.3) is 0 Å². The predicted molar refractivity (Wildman–Crippen MR) is 139 cm³/mol. The Bertz CT molecular complexity index is 1240. The molecule has 0 amide bonds. The lowest BCUT2D eigenvalue weighted by Gasteiger charge is -2.23. The molecule has 0 atom stereocenters. The number of phenolic OH excluding ortho intramolecular Hbond substituents is 1. The summed E-state index contributed by atoms with van der Waals surface area (Å²) in [6, 6.07) is 33.2. The standard InChI is InChI=1S/C29H25O4P/c1-32-27-15-9-14-26(30)25(27)20-28(21-16-18-22(19-17-21)29(31)33-2)34(23-10-5-3-6-11-23)24-12-7-4-8-13-24/h3-20,30H,1-2H3/b28-20-. The summed E-state index contributed by atoms with van der Waals surface area (Å²) in [7, 11) is 1.97. The smallest absolute Gasteiger partial charge is 0.337 e. The number of carbonyl (C=O) groups excluding carboxylic acids is 1. The Morgan fingerprint density at radius 3 is 1.82 bits per heavy atom. The van der Waals surface area contributed by atoms with Crippen molar-refractivity contribution in [1.82, 2.24) is 0 Å². The second-order valence-electron chi connectivity index (χ2n) is 7.50. The Hall–Kier alpha value is -3.88. The molecule has 0 aromatic heterocycles. The molecule has 0 unspecified atom stereocenters. The number of hydrogen-bond acceptors (Lipinski definition) is 4. The van der Waals surface area contributed by atoms with Gasteiger partial charge in [-0.25, -0.2) is 4.79 Å². The van der Waals surface area contributed by atoms with Gasteiger partial charge in [-0.15, -0.1) is 0 Å². The molecular weight excluding hydrogens is 443 g/mol. The van der Waals surface area contributed by atoms with E-state index < -0.39 is 7.92 Å². The number of benzene rings is 4. The number of hydrogen-bond donors (Lipinski definition) is 1. The van der Waals surface area contributed by atoms with Crippen molar-refractivity contribution in [2.24, 2.45) is 0 Å². The van der Waals surface area contributed by atoms with Crippen molar-refractivity contribution in [3.63, 3.8) is 0 Å². The van der Waals surface area contributed by atoms with E-state index in [9.17, 15) is 9.90 Å². The molecule has 0 heterocycles. The van der Waals surface area contributed by atoms with E-state index in [2.05, 4.69) is 24.3 Å². The van der Waals surface area contributed by atoms with Crippen LogP contribution in [-0.4, -0.2) is 25.3 Å². The molecule has 4 aromatic rings. The molecule has 5 heteroatoms. The van der Waals surface area contributed by atoms with Crippen molar-refractivity contribution in [2.45, 2.75) is 0 Å². The van der Waals surface area contributed by atoms with Gasteiger partial charge in [0.1, 0.15) is 11.5 Å². The molecule has 0 fully saturated rings. The van der Waals surface area contributed by atoms with Crippen LogP contribution in [0.1, 0.15) is 21.5 Å². The number of carbonyl (C=O) groups is 1. The Morgan fingerprint density at radius 1 is 0.735 bits per heavy atom. The van der Waals surface area contributed by atoms with Crippen LogP contribution in [0.2, 0.25) is 0 Å². The number of ether oxygens (including phenoxy) is 2. The van der Waals surface area contributed by atoms with E-state index in [1.54, 1.807) is 31.4 Å². The molecule has 4 aromatic carbocycles. The minimum absolute atomic E-state index is 0.138. The summed E-state index contributed by atoms with van der Waals surface area (Å²) in [5, 5.41) is 14.1. The summed E-state index contributed by atoms with van der Waals surface area (Å²) in [5.74, 6) is 0.340. The zero-order valence-electron chi connectivity index (χ0n) is 19.0. The summed E-state index contributed by atoms with van der Waals surface area (Å²) >= 11 is 0. The number of rotatable bonds is 7. The highest BCUT2D eigenvalue weighted by atomic mass is 31.1. The SMILES string of the molecule is COC(=O)c1ccc(/C(=C/c2c(O)cccc2OC)P(c2ccccc2)c2ccccc2)cc1. The second kappa shape index (κ2) is 10.8. The van der Waals surface area contributed by atoms with E-state index in [1.807, 2.05) is 60.7 Å². The van der Waals surface area contributed by atoms with Crippen molar-refractivity contribution in [3.8, 4) is 11.5 Å². The molecule has 0 radical (unpaired) electrons. The highest BCUT2D eigenvalue weighted by molar-refractivity contribution is 7.82. The van der Waals surface area contributed by atoms with E-state index in [0.717, 1.165) is 10.9 Å². The highest BCUT2D eigenvalue weighted by Crippen LogP contribution is 2.51. The summed E-state index contributed by atoms with van der Waals surface area (Å²) < 4.78 is 10.4. The minimum atomic E-state index is -0.994. The molecule has 4 nitrogen and oxygen atoms in total. The highest BCUT2D eigenvalue weighted by Gasteiger charge is 2.22. The van der Waals surface area contributed by atoms with Crippen LogP contribution in [0.15, 0.2) is 103 Å². The Labute approximate surface area is 200 Å². The lowest BCUT2D eigenvalue weighted by molar-refractivity contribution is 0.0600. The molecule has 4 rings (SSSR count). The van der Waals surface area contributed by atoms with Crippen LogP contribution in [0.5, 0.6) is 11.5 Å². The van der Waals surface area contributed by atoms with Crippen molar-refractivity contribution in [2.75, 3.05) is 14.2 Å². The fraction of sp³-hybridized carbons (Fsp3) is 0.0690. The van der Waals surface area contributed by atoms with Gasteiger partial charge in [0, 0.05) is 0 Å². The monoisotopic (exact) mass is 468 g/mol. The normalized spacial score (nSPS) is 11.3. The van der Waals surface area contributed by atoms with E-state index in [1.165, 1.54) is 17.7 Å². The maximum absolute atomic E-state index is 12.0. The Balaban J connectivity index is 1.97. The van der Waals surface area contributed by atoms with Gasteiger partial charge in [-0.05, 0) is 59.7 Å². The maximum atomic E-state index is 12.0. The third-order valence-electron chi connectivity index (χ3n) is 5.42. The Morgan fingerprint density at radius 2 is 1.29 bits per heavy atom. The molecule has 0 spiro atoms. The lowest BCUT2D eigenvalue weighted by atomic mass is 10.1. The summed E-state index contributed by atoms with van der Waals surface area (Å²) in [4.78, 5) is 12.0. The van der Waals surface area contributed by atoms with Crippen molar-refractivity contribution in [1.29, 1.82) is 0 Å². The molecule has 0 aliphatic rings. The van der Waals surface area contributed by atoms with Crippen LogP contribution in [0.4, 0.5) is 0 Å². The zero-order valence-corrected chi connectivity index (χ0v) is 19.9. The third kappa shape index (κ3) is 5.03. The average Bonchev–Trinajstić information content (AvgIpc) is 2.90. The van der Waals surface area contributed by atoms with Gasteiger partial charge in [0.2, 0.25) is 0 Å². The van der Waals surface area contributed by atoms with Crippen LogP contribution < -0.4 is 15.3 Å². The van der Waals surface area contributed by atoms with Gasteiger partial charge < -0.3 is 14.6 Å². The summed E-state index contributed by atoms with van der Waals surface area (Å²) in [6.45, 7) is 0. The van der Waals surface area contributed by atoms with Gasteiger partial charge in [0.05, 0.1) is 25.3 Å². The molecule has 0 aliphatic carbocycles. The van der Waals surface area contributed by atoms with Gasteiger partial charge in [0.15, 0.2) is 0 Å². The molecule has 0 aliphatic heterocycles. The first kappa shape index (κ1) is 23.3. The number of aromatic hydroxyl groups is 1. The second-order valence-corrected chi connectivity index (χ2v) is 9.68. The molecule has 0 saturated heterocycles. The van der Waals surface area contributed by atoms with Crippen molar-refractivity contribution < 1.29 is 19.4 Å². The predicted octanol–water partition coefficient (Wildman–Crippen LogP) is 5.82. The van der Waals surface area contributed by atoms with Gasteiger partial charge in [-0.2, -0.15) is 0 Å². The fourth-order valence-corrected chi connectivity index (χ4v) is 6.21. The minimum Gasteiger partial charge on any atom is -0.507 e. The number of phenols is 1. The van der Waals surface area contributed by atoms with E-state index in [4.69, 9.17) is 9.47 Å². The lowest BCUT2D eigenvalue weighted by Crippen LogP contribution is -2.12. The quantitative estimate of drug-likeness (QED) is 0.211. The first-order valence-corrected chi connectivity index (χ1v) is 12.1. The van der Waals surface area contributed by atoms with Gasteiger partial charge >= 0.3 is 5.97 Å². The van der Waals surface area contributed by atoms with Crippen molar-refractivity contribution >= 4 is 35.9 Å². The third-order valence-corrected chi connectivity index (χ3v) is 7.91. The number of methoxy groups -OCH3 is 2. The van der Waals surface area contributed by atoms with Crippen LogP contribution in [0, 0.1) is 0 Å². The molecule has 0 bridgehead atoms.